The molecule has 0 spiro atoms. The van der Waals surface area contributed by atoms with E-state index in [1.165, 1.54) is 89.7 Å². The number of unbranched alkanes of at least 4 members (excludes halogenated alkanes) is 13. The van der Waals surface area contributed by atoms with E-state index in [4.69, 9.17) is 10.2 Å². The Morgan fingerprint density at radius 1 is 0.929 bits per heavy atom. The molecular weight excluding hydrogens is 350 g/mol. The van der Waals surface area contributed by atoms with E-state index in [2.05, 4.69) is 17.2 Å². The number of hydrogen-bond donors (Lipinski definition) is 2. The minimum Gasteiger partial charge on any atom is -0.446 e. The quantitative estimate of drug-likeness (QED) is 0.287. The number of nitrogens with one attached hydrogen (secondary N) is 1. The van der Waals surface area contributed by atoms with E-state index in [0.29, 0.717) is 18.1 Å². The van der Waals surface area contributed by atoms with Gasteiger partial charge in [0.05, 0.1) is 6.04 Å². The van der Waals surface area contributed by atoms with Crippen molar-refractivity contribution in [1.29, 1.82) is 0 Å². The van der Waals surface area contributed by atoms with Crippen LogP contribution in [-0.4, -0.2) is 17.4 Å². The van der Waals surface area contributed by atoms with E-state index in [9.17, 15) is 4.79 Å². The van der Waals surface area contributed by atoms with Gasteiger partial charge in [0, 0.05) is 6.54 Å². The van der Waals surface area contributed by atoms with Crippen LogP contribution < -0.4 is 11.1 Å². The number of nitrogens with zero attached hydrogens (tertiary/aromatic N) is 1. The molecule has 3 N–H and O–H groups in total. The Bertz CT molecular complexity index is 502. The van der Waals surface area contributed by atoms with Crippen molar-refractivity contribution in [3.05, 3.63) is 17.8 Å². The second-order valence-corrected chi connectivity index (χ2v) is 7.94. The Morgan fingerprint density at radius 2 is 1.43 bits per heavy atom. The van der Waals surface area contributed by atoms with Crippen molar-refractivity contribution in [3.8, 4) is 0 Å². The van der Waals surface area contributed by atoms with Gasteiger partial charge in [0.1, 0.15) is 6.26 Å². The first-order valence-corrected chi connectivity index (χ1v) is 11.7. The molecular formula is C23H43N3O2. The maximum absolute atomic E-state index is 12.0. The number of aromatic nitrogens is 1. The molecule has 1 atom stereocenters. The van der Waals surface area contributed by atoms with Crippen molar-refractivity contribution in [2.24, 2.45) is 5.73 Å². The second-order valence-electron chi connectivity index (χ2n) is 7.94. The topological polar surface area (TPSA) is 81.2 Å². The fraction of sp³-hybridized carbons (Fsp3) is 0.826. The van der Waals surface area contributed by atoms with E-state index in [1.54, 1.807) is 0 Å². The van der Waals surface area contributed by atoms with E-state index in [1.807, 2.05) is 6.92 Å². The zero-order valence-corrected chi connectivity index (χ0v) is 18.3. The number of nitrogens with two attached hydrogens (primary N) is 1. The lowest BCUT2D eigenvalue weighted by atomic mass is 10.0. The summed E-state index contributed by atoms with van der Waals surface area (Å²) in [6, 6.07) is -0.243. The Morgan fingerprint density at radius 3 is 1.93 bits per heavy atom. The van der Waals surface area contributed by atoms with Gasteiger partial charge in [0.15, 0.2) is 5.69 Å². The first-order valence-electron chi connectivity index (χ1n) is 11.7. The smallest absolute Gasteiger partial charge is 0.273 e. The third-order valence-electron chi connectivity index (χ3n) is 5.33. The lowest BCUT2D eigenvalue weighted by Gasteiger charge is -2.04. The van der Waals surface area contributed by atoms with Crippen molar-refractivity contribution in [1.82, 2.24) is 10.3 Å². The van der Waals surface area contributed by atoms with Crippen LogP contribution in [0.15, 0.2) is 10.7 Å². The highest BCUT2D eigenvalue weighted by atomic mass is 16.3. The SMILES string of the molecule is CCCCCCCCCCCCCCCCNC(=O)c1coc(C(N)CC)n1. The van der Waals surface area contributed by atoms with E-state index in [0.717, 1.165) is 12.8 Å². The molecule has 0 aliphatic carbocycles. The van der Waals surface area contributed by atoms with Gasteiger partial charge in [-0.3, -0.25) is 4.79 Å². The van der Waals surface area contributed by atoms with Crippen LogP contribution in [0.2, 0.25) is 0 Å². The molecule has 5 heteroatoms. The summed E-state index contributed by atoms with van der Waals surface area (Å²) in [5.74, 6) is 0.261. The molecule has 0 bridgehead atoms. The van der Waals surface area contributed by atoms with Crippen LogP contribution in [0.5, 0.6) is 0 Å². The Kier molecular flexibility index (Phi) is 14.6. The number of hydrogen-bond acceptors (Lipinski definition) is 4. The maximum Gasteiger partial charge on any atom is 0.273 e. The third-order valence-corrected chi connectivity index (χ3v) is 5.33. The van der Waals surface area contributed by atoms with Gasteiger partial charge in [-0.05, 0) is 12.8 Å². The molecule has 1 heterocycles. The monoisotopic (exact) mass is 393 g/mol. The fourth-order valence-electron chi connectivity index (χ4n) is 3.35. The summed E-state index contributed by atoms with van der Waals surface area (Å²) in [5, 5.41) is 2.91. The zero-order valence-electron chi connectivity index (χ0n) is 18.3. The normalized spacial score (nSPS) is 12.2. The van der Waals surface area contributed by atoms with Crippen LogP contribution in [-0.2, 0) is 0 Å². The lowest BCUT2D eigenvalue weighted by Crippen LogP contribution is -2.25. The summed E-state index contributed by atoms with van der Waals surface area (Å²) in [7, 11) is 0. The minimum atomic E-state index is -0.243. The molecule has 0 saturated heterocycles. The van der Waals surface area contributed by atoms with Gasteiger partial charge in [-0.15, -0.1) is 0 Å². The predicted octanol–water partition coefficient (Wildman–Crippen LogP) is 6.30. The minimum absolute atomic E-state index is 0.173. The number of carbonyl (C=O) groups is 1. The van der Waals surface area contributed by atoms with Crippen molar-refractivity contribution < 1.29 is 9.21 Å². The molecule has 0 radical (unpaired) electrons. The maximum atomic E-state index is 12.0. The molecule has 0 fully saturated rings. The standard InChI is InChI=1S/C23H43N3O2/c1-3-5-6-7-8-9-10-11-12-13-14-15-16-17-18-25-22(27)21-19-28-23(26-21)20(24)4-2/h19-20H,3-18,24H2,1-2H3,(H,25,27). The van der Waals surface area contributed by atoms with E-state index in [-0.39, 0.29) is 11.9 Å². The summed E-state index contributed by atoms with van der Waals surface area (Å²) in [6.45, 7) is 4.93. The lowest BCUT2D eigenvalue weighted by molar-refractivity contribution is 0.0948. The summed E-state index contributed by atoms with van der Waals surface area (Å²) in [4.78, 5) is 16.2. The molecule has 1 aromatic heterocycles. The largest absolute Gasteiger partial charge is 0.446 e. The molecule has 0 saturated carbocycles. The average molecular weight is 394 g/mol. The molecule has 0 aromatic carbocycles. The van der Waals surface area contributed by atoms with Crippen molar-refractivity contribution in [2.75, 3.05) is 6.54 Å². The first kappa shape index (κ1) is 24.7. The first-order chi connectivity index (χ1) is 13.7. The fourth-order valence-corrected chi connectivity index (χ4v) is 3.35. The molecule has 162 valence electrons. The van der Waals surface area contributed by atoms with Gasteiger partial charge in [0.25, 0.3) is 5.91 Å². The molecule has 1 unspecified atom stereocenters. The second kappa shape index (κ2) is 16.6. The number of oxazole rings is 1. The molecule has 1 aromatic rings. The van der Waals surface area contributed by atoms with E-state index >= 15 is 0 Å². The molecule has 1 amide bonds. The zero-order chi connectivity index (χ0) is 20.5. The molecule has 1 rings (SSSR count). The van der Waals surface area contributed by atoms with Crippen LogP contribution in [0.4, 0.5) is 0 Å². The molecule has 0 aliphatic rings. The average Bonchev–Trinajstić information content (AvgIpc) is 3.20. The molecule has 5 nitrogen and oxygen atoms in total. The Labute approximate surface area is 172 Å². The molecule has 28 heavy (non-hydrogen) atoms. The number of carbonyl (C=O) groups excluding carboxylic acids is 1. The Hall–Kier alpha value is -1.36. The summed E-state index contributed by atoms with van der Waals surface area (Å²) >= 11 is 0. The van der Waals surface area contributed by atoms with Crippen LogP contribution in [0.25, 0.3) is 0 Å². The third kappa shape index (κ3) is 11.5. The number of amides is 1. The highest BCUT2D eigenvalue weighted by Gasteiger charge is 2.15. The number of rotatable bonds is 18. The van der Waals surface area contributed by atoms with Crippen LogP contribution in [0.1, 0.15) is 133 Å². The van der Waals surface area contributed by atoms with Gasteiger partial charge in [-0.25, -0.2) is 4.98 Å². The Balaban J connectivity index is 1.89. The van der Waals surface area contributed by atoms with Gasteiger partial charge in [0.2, 0.25) is 5.89 Å². The van der Waals surface area contributed by atoms with Gasteiger partial charge < -0.3 is 15.5 Å². The van der Waals surface area contributed by atoms with Gasteiger partial charge in [-0.2, -0.15) is 0 Å². The van der Waals surface area contributed by atoms with Gasteiger partial charge >= 0.3 is 0 Å². The van der Waals surface area contributed by atoms with Crippen LogP contribution in [0.3, 0.4) is 0 Å². The van der Waals surface area contributed by atoms with Crippen LogP contribution >= 0.6 is 0 Å². The predicted molar refractivity (Wildman–Crippen MR) is 116 cm³/mol. The van der Waals surface area contributed by atoms with Crippen LogP contribution in [0, 0.1) is 0 Å². The van der Waals surface area contributed by atoms with Gasteiger partial charge in [-0.1, -0.05) is 97.3 Å². The molecule has 0 aliphatic heterocycles. The summed E-state index contributed by atoms with van der Waals surface area (Å²) in [5.41, 5.74) is 6.18. The highest BCUT2D eigenvalue weighted by molar-refractivity contribution is 5.91. The highest BCUT2D eigenvalue weighted by Crippen LogP contribution is 2.14. The van der Waals surface area contributed by atoms with Crippen molar-refractivity contribution >= 4 is 5.91 Å². The summed E-state index contributed by atoms with van der Waals surface area (Å²) in [6.07, 6.45) is 20.8. The summed E-state index contributed by atoms with van der Waals surface area (Å²) < 4.78 is 5.27. The van der Waals surface area contributed by atoms with E-state index < -0.39 is 0 Å². The van der Waals surface area contributed by atoms with Crippen molar-refractivity contribution in [3.63, 3.8) is 0 Å². The van der Waals surface area contributed by atoms with Crippen molar-refractivity contribution in [2.45, 2.75) is 116 Å².